The lowest BCUT2D eigenvalue weighted by Crippen LogP contribution is -2.16. The summed E-state index contributed by atoms with van der Waals surface area (Å²) in [6.45, 7) is 6.05. The molecule has 22 heavy (non-hydrogen) atoms. The smallest absolute Gasteiger partial charge is 0.257 e. The Morgan fingerprint density at radius 1 is 1.32 bits per heavy atom. The second-order valence-electron chi connectivity index (χ2n) is 5.24. The van der Waals surface area contributed by atoms with Crippen molar-refractivity contribution >= 4 is 11.7 Å². The predicted molar refractivity (Wildman–Crippen MR) is 87.6 cm³/mol. The molecule has 2 aromatic rings. The maximum absolute atomic E-state index is 12.6. The quantitative estimate of drug-likeness (QED) is 0.923. The summed E-state index contributed by atoms with van der Waals surface area (Å²) < 4.78 is 6.92. The normalized spacial score (nSPS) is 10.6. The van der Waals surface area contributed by atoms with E-state index < -0.39 is 0 Å². The molecule has 0 aliphatic rings. The number of hydrogen-bond acceptors (Lipinski definition) is 3. The van der Waals surface area contributed by atoms with Crippen LogP contribution in [-0.2, 0) is 19.9 Å². The summed E-state index contributed by atoms with van der Waals surface area (Å²) in [6, 6.07) is 5.44. The molecule has 0 atom stereocenters. The van der Waals surface area contributed by atoms with Gasteiger partial charge in [-0.1, -0.05) is 13.8 Å². The second-order valence-corrected chi connectivity index (χ2v) is 5.24. The summed E-state index contributed by atoms with van der Waals surface area (Å²) >= 11 is 0. The Kier molecular flexibility index (Phi) is 4.85. The Morgan fingerprint density at radius 3 is 2.59 bits per heavy atom. The maximum Gasteiger partial charge on any atom is 0.257 e. The van der Waals surface area contributed by atoms with Gasteiger partial charge in [0.15, 0.2) is 0 Å². The van der Waals surface area contributed by atoms with E-state index in [0.717, 1.165) is 41.2 Å². The number of aromatic nitrogens is 2. The number of carbonyl (C=O) groups is 1. The van der Waals surface area contributed by atoms with Crippen molar-refractivity contribution in [1.82, 2.24) is 9.78 Å². The van der Waals surface area contributed by atoms with Gasteiger partial charge in [0.2, 0.25) is 0 Å². The molecule has 118 valence electrons. The van der Waals surface area contributed by atoms with E-state index in [2.05, 4.69) is 24.3 Å². The average molecular weight is 301 g/mol. The van der Waals surface area contributed by atoms with Gasteiger partial charge in [0, 0.05) is 18.2 Å². The van der Waals surface area contributed by atoms with Crippen molar-refractivity contribution < 1.29 is 9.53 Å². The van der Waals surface area contributed by atoms with Crippen molar-refractivity contribution in [2.45, 2.75) is 33.6 Å². The molecular formula is C17H23N3O2. The zero-order valence-electron chi connectivity index (χ0n) is 13.9. The average Bonchev–Trinajstić information content (AvgIpc) is 2.82. The van der Waals surface area contributed by atoms with Gasteiger partial charge in [-0.25, -0.2) is 0 Å². The van der Waals surface area contributed by atoms with Crippen LogP contribution in [0.2, 0.25) is 0 Å². The van der Waals surface area contributed by atoms with Crippen LogP contribution in [0.5, 0.6) is 5.75 Å². The van der Waals surface area contributed by atoms with E-state index in [1.165, 1.54) is 0 Å². The summed E-state index contributed by atoms with van der Waals surface area (Å²) in [4.78, 5) is 12.6. The number of hydrogen-bond donors (Lipinski definition) is 1. The number of methoxy groups -OCH3 is 1. The molecule has 0 aliphatic heterocycles. The van der Waals surface area contributed by atoms with E-state index >= 15 is 0 Å². The molecule has 1 N–H and O–H groups in total. The van der Waals surface area contributed by atoms with Crippen LogP contribution in [0.15, 0.2) is 18.2 Å². The highest BCUT2D eigenvalue weighted by Crippen LogP contribution is 2.23. The number of benzene rings is 1. The fraction of sp³-hybridized carbons (Fsp3) is 0.412. The van der Waals surface area contributed by atoms with Crippen LogP contribution >= 0.6 is 0 Å². The van der Waals surface area contributed by atoms with E-state index in [4.69, 9.17) is 4.74 Å². The van der Waals surface area contributed by atoms with Crippen molar-refractivity contribution in [2.75, 3.05) is 12.4 Å². The maximum atomic E-state index is 12.6. The van der Waals surface area contributed by atoms with Crippen molar-refractivity contribution in [2.24, 2.45) is 7.05 Å². The first kappa shape index (κ1) is 16.1. The van der Waals surface area contributed by atoms with Gasteiger partial charge in [0.1, 0.15) is 11.6 Å². The summed E-state index contributed by atoms with van der Waals surface area (Å²) in [5, 5.41) is 7.48. The number of rotatable bonds is 5. The lowest BCUT2D eigenvalue weighted by atomic mass is 10.1. The van der Waals surface area contributed by atoms with E-state index in [1.54, 1.807) is 23.9 Å². The fourth-order valence-corrected chi connectivity index (χ4v) is 2.63. The van der Waals surface area contributed by atoms with Crippen molar-refractivity contribution in [3.8, 4) is 5.75 Å². The first-order valence-corrected chi connectivity index (χ1v) is 7.52. The van der Waals surface area contributed by atoms with E-state index in [9.17, 15) is 4.79 Å². The zero-order chi connectivity index (χ0) is 16.3. The molecule has 0 bridgehead atoms. The lowest BCUT2D eigenvalue weighted by molar-refractivity contribution is 0.102. The minimum absolute atomic E-state index is 0.125. The van der Waals surface area contributed by atoms with Gasteiger partial charge < -0.3 is 10.1 Å². The molecule has 2 rings (SSSR count). The van der Waals surface area contributed by atoms with Crippen LogP contribution in [-0.4, -0.2) is 22.8 Å². The van der Waals surface area contributed by atoms with E-state index in [-0.39, 0.29) is 5.91 Å². The molecule has 5 heteroatoms. The van der Waals surface area contributed by atoms with Crippen LogP contribution in [0.25, 0.3) is 0 Å². The molecule has 1 amide bonds. The minimum Gasteiger partial charge on any atom is -0.497 e. The molecule has 0 saturated heterocycles. The Hall–Kier alpha value is -2.30. The molecule has 0 fully saturated rings. The monoisotopic (exact) mass is 301 g/mol. The molecular weight excluding hydrogens is 278 g/mol. The van der Waals surface area contributed by atoms with Crippen LogP contribution in [0.3, 0.4) is 0 Å². The largest absolute Gasteiger partial charge is 0.497 e. The minimum atomic E-state index is -0.125. The SMILES string of the molecule is CCc1nn(C)c(NC(=O)c2ccc(OC)cc2C)c1CC. The van der Waals surface area contributed by atoms with Crippen molar-refractivity contribution in [1.29, 1.82) is 0 Å². The van der Waals surface area contributed by atoms with Crippen molar-refractivity contribution in [3.05, 3.63) is 40.6 Å². The highest BCUT2D eigenvalue weighted by Gasteiger charge is 2.17. The highest BCUT2D eigenvalue weighted by atomic mass is 16.5. The van der Waals surface area contributed by atoms with Crippen LogP contribution in [0, 0.1) is 6.92 Å². The third-order valence-corrected chi connectivity index (χ3v) is 3.83. The van der Waals surface area contributed by atoms with Gasteiger partial charge in [0.05, 0.1) is 12.8 Å². The van der Waals surface area contributed by atoms with Gasteiger partial charge in [-0.2, -0.15) is 5.10 Å². The van der Waals surface area contributed by atoms with E-state index in [1.807, 2.05) is 20.0 Å². The Morgan fingerprint density at radius 2 is 2.05 bits per heavy atom. The Labute approximate surface area is 131 Å². The lowest BCUT2D eigenvalue weighted by Gasteiger charge is -2.11. The van der Waals surface area contributed by atoms with Gasteiger partial charge in [-0.15, -0.1) is 0 Å². The van der Waals surface area contributed by atoms with Gasteiger partial charge in [-0.3, -0.25) is 9.48 Å². The molecule has 5 nitrogen and oxygen atoms in total. The molecule has 0 aliphatic carbocycles. The highest BCUT2D eigenvalue weighted by molar-refractivity contribution is 6.05. The number of aryl methyl sites for hydroxylation is 3. The van der Waals surface area contributed by atoms with Crippen molar-refractivity contribution in [3.63, 3.8) is 0 Å². The molecule has 1 aromatic heterocycles. The molecule has 0 radical (unpaired) electrons. The number of nitrogens with zero attached hydrogens (tertiary/aromatic N) is 2. The molecule has 1 aromatic carbocycles. The Bertz CT molecular complexity index is 689. The molecule has 0 spiro atoms. The standard InChI is InChI=1S/C17H23N3O2/c1-6-13-15(7-2)19-20(4)16(13)18-17(21)14-9-8-12(22-5)10-11(14)3/h8-10H,6-7H2,1-5H3,(H,18,21). The summed E-state index contributed by atoms with van der Waals surface area (Å²) in [6.07, 6.45) is 1.70. The summed E-state index contributed by atoms with van der Waals surface area (Å²) in [7, 11) is 3.47. The van der Waals surface area contributed by atoms with Gasteiger partial charge >= 0.3 is 0 Å². The topological polar surface area (TPSA) is 56.2 Å². The molecule has 1 heterocycles. The van der Waals surface area contributed by atoms with Gasteiger partial charge in [0.25, 0.3) is 5.91 Å². The van der Waals surface area contributed by atoms with Gasteiger partial charge in [-0.05, 0) is 43.5 Å². The predicted octanol–water partition coefficient (Wildman–Crippen LogP) is 3.11. The number of nitrogens with one attached hydrogen (secondary N) is 1. The van der Waals surface area contributed by atoms with Crippen LogP contribution < -0.4 is 10.1 Å². The number of ether oxygens (including phenoxy) is 1. The summed E-state index contributed by atoms with van der Waals surface area (Å²) in [5.74, 6) is 1.40. The van der Waals surface area contributed by atoms with Crippen LogP contribution in [0.1, 0.15) is 41.0 Å². The first-order valence-electron chi connectivity index (χ1n) is 7.52. The number of amides is 1. The number of carbonyl (C=O) groups excluding carboxylic acids is 1. The third kappa shape index (κ3) is 2.98. The summed E-state index contributed by atoms with van der Waals surface area (Å²) in [5.41, 5.74) is 3.66. The van der Waals surface area contributed by atoms with Crippen LogP contribution in [0.4, 0.5) is 5.82 Å². The third-order valence-electron chi connectivity index (χ3n) is 3.83. The molecule has 0 saturated carbocycles. The zero-order valence-corrected chi connectivity index (χ0v) is 13.9. The first-order chi connectivity index (χ1) is 10.5. The van der Waals surface area contributed by atoms with E-state index in [0.29, 0.717) is 5.56 Å². The second kappa shape index (κ2) is 6.64. The molecule has 0 unspecified atom stereocenters. The Balaban J connectivity index is 2.31. The number of anilines is 1. The fourth-order valence-electron chi connectivity index (χ4n) is 2.63.